The number of rotatable bonds is 8. The predicted molar refractivity (Wildman–Crippen MR) is 166 cm³/mol. The molecule has 2 aromatic heterocycles. The van der Waals surface area contributed by atoms with E-state index >= 15 is 0 Å². The number of fused-ring (bicyclic) bond motifs is 1. The van der Waals surface area contributed by atoms with E-state index in [2.05, 4.69) is 39.4 Å². The van der Waals surface area contributed by atoms with Gasteiger partial charge in [-0.05, 0) is 88.3 Å². The number of alkyl halides is 6. The number of benzene rings is 2. The molecule has 2 fully saturated rings. The maximum atomic E-state index is 13.4. The maximum Gasteiger partial charge on any atom is 0.416 e. The highest BCUT2D eigenvalue weighted by molar-refractivity contribution is 5.91. The van der Waals surface area contributed by atoms with Crippen LogP contribution < -0.4 is 5.32 Å². The molecule has 0 spiro atoms. The van der Waals surface area contributed by atoms with Crippen LogP contribution in [0.25, 0.3) is 22.3 Å². The number of halogens is 6. The van der Waals surface area contributed by atoms with Crippen molar-refractivity contribution in [1.29, 1.82) is 0 Å². The van der Waals surface area contributed by atoms with Gasteiger partial charge in [0.15, 0.2) is 5.65 Å². The zero-order valence-electron chi connectivity index (χ0n) is 25.8. The lowest BCUT2D eigenvalue weighted by atomic mass is 9.91. The smallest absolute Gasteiger partial charge is 0.324 e. The first-order valence-corrected chi connectivity index (χ1v) is 16.0. The lowest BCUT2D eigenvalue weighted by molar-refractivity contribution is -0.143. The number of nitrogens with zero attached hydrogens (tertiary/aromatic N) is 5. The highest BCUT2D eigenvalue weighted by atomic mass is 19.4. The van der Waals surface area contributed by atoms with Crippen molar-refractivity contribution in [2.24, 2.45) is 5.92 Å². The summed E-state index contributed by atoms with van der Waals surface area (Å²) in [6.07, 6.45) is 2.55. The summed E-state index contributed by atoms with van der Waals surface area (Å²) < 4.78 is 82.5. The number of aryl methyl sites for hydroxylation is 1. The van der Waals surface area contributed by atoms with Crippen molar-refractivity contribution in [2.75, 3.05) is 25.5 Å². The second kappa shape index (κ2) is 13.2. The maximum absolute atomic E-state index is 13.4. The molecule has 6 nitrogen and oxygen atoms in total. The number of anilines is 2. The van der Waals surface area contributed by atoms with Crippen molar-refractivity contribution in [1.82, 2.24) is 24.6 Å². The molecule has 0 amide bonds. The van der Waals surface area contributed by atoms with Gasteiger partial charge in [-0.1, -0.05) is 49.9 Å². The minimum absolute atomic E-state index is 0.0805. The van der Waals surface area contributed by atoms with Gasteiger partial charge in [0.25, 0.3) is 0 Å². The van der Waals surface area contributed by atoms with Gasteiger partial charge in [0.05, 0.1) is 22.6 Å². The molecule has 0 radical (unpaired) electrons. The molecule has 2 aliphatic rings. The van der Waals surface area contributed by atoms with Crippen LogP contribution in [-0.4, -0.2) is 44.8 Å². The summed E-state index contributed by atoms with van der Waals surface area (Å²) in [4.78, 5) is 11.3. The van der Waals surface area contributed by atoms with Gasteiger partial charge in [-0.3, -0.25) is 0 Å². The Labute approximate surface area is 264 Å². The van der Waals surface area contributed by atoms with Gasteiger partial charge in [0.2, 0.25) is 5.95 Å². The highest BCUT2D eigenvalue weighted by Gasteiger charge is 2.37. The first-order chi connectivity index (χ1) is 21.9. The van der Waals surface area contributed by atoms with E-state index in [1.165, 1.54) is 37.9 Å². The van der Waals surface area contributed by atoms with Crippen molar-refractivity contribution >= 4 is 22.7 Å². The van der Waals surface area contributed by atoms with Crippen molar-refractivity contribution in [3.05, 3.63) is 65.4 Å². The molecule has 4 aromatic rings. The normalized spacial score (nSPS) is 17.5. The predicted octanol–water partition coefficient (Wildman–Crippen LogP) is 9.44. The van der Waals surface area contributed by atoms with Gasteiger partial charge in [-0.2, -0.15) is 36.4 Å². The van der Waals surface area contributed by atoms with E-state index in [9.17, 15) is 26.3 Å². The molecular weight excluding hydrogens is 606 g/mol. The van der Waals surface area contributed by atoms with Crippen molar-refractivity contribution in [3.8, 4) is 11.3 Å². The molecule has 2 aromatic carbocycles. The molecule has 1 aliphatic carbocycles. The Bertz CT molecular complexity index is 1600. The Balaban J connectivity index is 1.26. The second-order valence-electron chi connectivity index (χ2n) is 12.8. The molecular formula is C34H38F6N6. The second-order valence-corrected chi connectivity index (χ2v) is 12.8. The third-order valence-corrected chi connectivity index (χ3v) is 9.36. The van der Waals surface area contributed by atoms with Crippen LogP contribution in [0.15, 0.2) is 48.7 Å². The summed E-state index contributed by atoms with van der Waals surface area (Å²) in [6.45, 7) is 2.35. The molecule has 0 atom stereocenters. The Morgan fingerprint density at radius 1 is 0.848 bits per heavy atom. The van der Waals surface area contributed by atoms with E-state index in [-0.39, 0.29) is 18.1 Å². The van der Waals surface area contributed by atoms with E-state index in [4.69, 9.17) is 5.10 Å². The zero-order chi connectivity index (χ0) is 32.5. The van der Waals surface area contributed by atoms with E-state index in [0.29, 0.717) is 28.9 Å². The third-order valence-electron chi connectivity index (χ3n) is 9.36. The lowest BCUT2D eigenvalue weighted by Gasteiger charge is -2.28. The summed E-state index contributed by atoms with van der Waals surface area (Å²) in [5.74, 6) is 0.689. The summed E-state index contributed by atoms with van der Waals surface area (Å²) in [7, 11) is 2.18. The van der Waals surface area contributed by atoms with Gasteiger partial charge in [-0.25, -0.2) is 9.67 Å². The molecule has 12 heteroatoms. The molecule has 1 N–H and O–H groups in total. The van der Waals surface area contributed by atoms with Crippen LogP contribution in [0.1, 0.15) is 80.5 Å². The summed E-state index contributed by atoms with van der Waals surface area (Å²) in [6, 6.07) is 9.77. The van der Waals surface area contributed by atoms with Crippen LogP contribution >= 0.6 is 0 Å². The number of nitrogens with one attached hydrogen (secondary N) is 1. The minimum Gasteiger partial charge on any atom is -0.324 e. The number of likely N-dealkylation sites (tertiary alicyclic amines) is 1. The summed E-state index contributed by atoms with van der Waals surface area (Å²) >= 11 is 0. The summed E-state index contributed by atoms with van der Waals surface area (Å²) in [5.41, 5.74) is 0.117. The fraction of sp³-hybridized carbons (Fsp3) is 0.500. The van der Waals surface area contributed by atoms with E-state index in [0.717, 1.165) is 56.4 Å². The van der Waals surface area contributed by atoms with E-state index < -0.39 is 29.2 Å². The van der Waals surface area contributed by atoms with Gasteiger partial charge < -0.3 is 10.2 Å². The Hall–Kier alpha value is -3.67. The number of aromatic nitrogens is 4. The Kier molecular flexibility index (Phi) is 9.27. The third kappa shape index (κ3) is 7.48. The largest absolute Gasteiger partial charge is 0.416 e. The van der Waals surface area contributed by atoms with E-state index in [1.54, 1.807) is 6.20 Å². The topological polar surface area (TPSA) is 58.9 Å². The Morgan fingerprint density at radius 2 is 1.50 bits per heavy atom. The molecule has 1 saturated heterocycles. The standard InChI is InChI=1S/C34H38F6N6/c1-45-16-14-23(15-17-45)7-5-6-22-10-12-24(13-11-22)30-29-21-41-32(43-31(29)46(44-30)28-8-3-2-4-9-28)42-27-19-25(33(35,36)37)18-26(20-27)34(38,39)40/h10-13,18-21,23,28H,2-9,14-17H2,1H3,(H,41,42,43). The zero-order valence-corrected chi connectivity index (χ0v) is 25.8. The van der Waals surface area contributed by atoms with Gasteiger partial charge in [-0.15, -0.1) is 0 Å². The fourth-order valence-electron chi connectivity index (χ4n) is 6.71. The summed E-state index contributed by atoms with van der Waals surface area (Å²) in [5, 5.41) is 8.23. The molecule has 3 heterocycles. The van der Waals surface area contributed by atoms with Crippen molar-refractivity contribution < 1.29 is 26.3 Å². The molecule has 246 valence electrons. The molecule has 0 unspecified atom stereocenters. The number of piperidine rings is 1. The van der Waals surface area contributed by atoms with Crippen molar-refractivity contribution in [2.45, 2.75) is 82.6 Å². The molecule has 1 saturated carbocycles. The average molecular weight is 645 g/mol. The quantitative estimate of drug-likeness (QED) is 0.194. The fourth-order valence-corrected chi connectivity index (χ4v) is 6.71. The number of hydrogen-bond donors (Lipinski definition) is 1. The average Bonchev–Trinajstić information content (AvgIpc) is 3.41. The van der Waals surface area contributed by atoms with Crippen LogP contribution in [-0.2, 0) is 18.8 Å². The number of hydrogen-bond acceptors (Lipinski definition) is 5. The van der Waals surface area contributed by atoms with Gasteiger partial charge >= 0.3 is 12.4 Å². The van der Waals surface area contributed by atoms with Crippen LogP contribution in [0.3, 0.4) is 0 Å². The van der Waals surface area contributed by atoms with Gasteiger partial charge in [0.1, 0.15) is 5.69 Å². The first-order valence-electron chi connectivity index (χ1n) is 16.0. The SMILES string of the molecule is CN1CCC(CCCc2ccc(-c3nn(C4CCCCC4)c4nc(Nc5cc(C(F)(F)F)cc(C(F)(F)F)c5)ncc34)cc2)CC1. The van der Waals surface area contributed by atoms with E-state index in [1.807, 2.05) is 16.8 Å². The molecule has 0 bridgehead atoms. The first kappa shape index (κ1) is 32.3. The van der Waals surface area contributed by atoms with Crippen LogP contribution in [0, 0.1) is 5.92 Å². The Morgan fingerprint density at radius 3 is 2.13 bits per heavy atom. The molecule has 1 aliphatic heterocycles. The highest BCUT2D eigenvalue weighted by Crippen LogP contribution is 2.39. The minimum atomic E-state index is -4.96. The van der Waals surface area contributed by atoms with Crippen molar-refractivity contribution in [3.63, 3.8) is 0 Å². The van der Waals surface area contributed by atoms with Crippen LogP contribution in [0.5, 0.6) is 0 Å². The lowest BCUT2D eigenvalue weighted by Crippen LogP contribution is -2.30. The van der Waals surface area contributed by atoms with Crippen LogP contribution in [0.2, 0.25) is 0 Å². The molecule has 6 rings (SSSR count). The van der Waals surface area contributed by atoms with Crippen LogP contribution in [0.4, 0.5) is 38.0 Å². The monoisotopic (exact) mass is 644 g/mol. The van der Waals surface area contributed by atoms with Gasteiger partial charge in [0, 0.05) is 17.4 Å². The molecule has 46 heavy (non-hydrogen) atoms.